The first-order chi connectivity index (χ1) is 17.9. The molecular weight excluding hydrogens is 504 g/mol. The van der Waals surface area contributed by atoms with E-state index in [0.29, 0.717) is 0 Å². The first kappa shape index (κ1) is 28.2. The van der Waals surface area contributed by atoms with Crippen LogP contribution in [0.3, 0.4) is 0 Å². The summed E-state index contributed by atoms with van der Waals surface area (Å²) in [7, 11) is 0. The van der Waals surface area contributed by atoms with Crippen LogP contribution in [-0.4, -0.2) is 98.4 Å². The fourth-order valence-electron chi connectivity index (χ4n) is 5.10. The van der Waals surface area contributed by atoms with Gasteiger partial charge in [-0.25, -0.2) is 4.79 Å². The van der Waals surface area contributed by atoms with E-state index in [2.05, 4.69) is 0 Å². The van der Waals surface area contributed by atoms with Gasteiger partial charge in [0.15, 0.2) is 6.29 Å². The molecule has 12 heteroatoms. The molecule has 1 saturated heterocycles. The van der Waals surface area contributed by atoms with E-state index in [0.717, 1.165) is 18.7 Å². The zero-order chi connectivity index (χ0) is 27.7. The van der Waals surface area contributed by atoms with Gasteiger partial charge in [0.05, 0.1) is 18.3 Å². The number of esters is 2. The molecule has 10 unspecified atom stereocenters. The van der Waals surface area contributed by atoms with E-state index in [9.17, 15) is 35.1 Å². The highest BCUT2D eigenvalue weighted by molar-refractivity contribution is 5.87. The first-order valence-electron chi connectivity index (χ1n) is 12.1. The van der Waals surface area contributed by atoms with E-state index < -0.39 is 78.8 Å². The largest absolute Gasteiger partial charge is 0.472 e. The van der Waals surface area contributed by atoms with E-state index >= 15 is 0 Å². The molecule has 12 nitrogen and oxygen atoms in total. The maximum Gasteiger partial charge on any atom is 0.331 e. The molecule has 0 bridgehead atoms. The van der Waals surface area contributed by atoms with E-state index in [1.165, 1.54) is 19.1 Å². The standard InChI is InChI=1S/C26H32O12/c1-14(27)35-13-16-19(30)20(31)21(32)23(36-16)37-24-22-25(2,12-17(28)26(22,33)10-11-34-24)38-18(29)9-8-15-6-4-3-5-7-15/h3-11,16-17,19-24,28,30-33H,12-13H2,1-2H3. The number of carbonyl (C=O) groups is 2. The minimum Gasteiger partial charge on any atom is -0.472 e. The highest BCUT2D eigenvalue weighted by Gasteiger charge is 2.66. The molecule has 1 aromatic carbocycles. The fourth-order valence-corrected chi connectivity index (χ4v) is 5.10. The van der Waals surface area contributed by atoms with Gasteiger partial charge in [0.1, 0.15) is 42.2 Å². The van der Waals surface area contributed by atoms with Crippen LogP contribution in [0.5, 0.6) is 0 Å². The Hall–Kier alpha value is -2.84. The minimum atomic E-state index is -1.93. The molecule has 2 heterocycles. The van der Waals surface area contributed by atoms with Gasteiger partial charge >= 0.3 is 11.9 Å². The number of aliphatic hydroxyl groups is 5. The summed E-state index contributed by atoms with van der Waals surface area (Å²) < 4.78 is 27.5. The van der Waals surface area contributed by atoms with Crippen LogP contribution in [0.1, 0.15) is 25.8 Å². The summed E-state index contributed by atoms with van der Waals surface area (Å²) in [6.07, 6.45) is -5.81. The average molecular weight is 537 g/mol. The van der Waals surface area contributed by atoms with Crippen molar-refractivity contribution < 1.29 is 58.8 Å². The number of hydrogen-bond acceptors (Lipinski definition) is 12. The second kappa shape index (κ2) is 11.1. The molecule has 38 heavy (non-hydrogen) atoms. The third-order valence-corrected chi connectivity index (χ3v) is 7.04. The van der Waals surface area contributed by atoms with Gasteiger partial charge < -0.3 is 49.2 Å². The Kier molecular flexibility index (Phi) is 8.23. The molecule has 0 spiro atoms. The van der Waals surface area contributed by atoms with Crippen molar-refractivity contribution in [3.63, 3.8) is 0 Å². The maximum atomic E-state index is 12.7. The summed E-state index contributed by atoms with van der Waals surface area (Å²) >= 11 is 0. The van der Waals surface area contributed by atoms with E-state index in [1.54, 1.807) is 18.2 Å². The molecule has 0 amide bonds. The van der Waals surface area contributed by atoms with Crippen LogP contribution < -0.4 is 0 Å². The van der Waals surface area contributed by atoms with Crippen LogP contribution in [0.2, 0.25) is 0 Å². The van der Waals surface area contributed by atoms with E-state index in [1.807, 2.05) is 18.2 Å². The zero-order valence-electron chi connectivity index (χ0n) is 20.8. The molecule has 10 atom stereocenters. The number of ether oxygens (including phenoxy) is 5. The maximum absolute atomic E-state index is 12.7. The van der Waals surface area contributed by atoms with Crippen LogP contribution in [0.25, 0.3) is 6.08 Å². The predicted octanol–water partition coefficient (Wildman–Crippen LogP) is -0.629. The second-order valence-electron chi connectivity index (χ2n) is 9.82. The van der Waals surface area contributed by atoms with Crippen LogP contribution in [0.15, 0.2) is 48.7 Å². The van der Waals surface area contributed by atoms with Crippen molar-refractivity contribution in [2.45, 2.75) is 74.6 Å². The Morgan fingerprint density at radius 2 is 1.79 bits per heavy atom. The third-order valence-electron chi connectivity index (χ3n) is 7.04. The Balaban J connectivity index is 1.53. The lowest BCUT2D eigenvalue weighted by Crippen LogP contribution is -2.62. The Morgan fingerprint density at radius 1 is 1.08 bits per heavy atom. The van der Waals surface area contributed by atoms with Gasteiger partial charge in [-0.3, -0.25) is 4.79 Å². The summed E-state index contributed by atoms with van der Waals surface area (Å²) in [5.41, 5.74) is -2.68. The van der Waals surface area contributed by atoms with Gasteiger partial charge in [0.2, 0.25) is 6.29 Å². The molecule has 3 aliphatic rings. The van der Waals surface area contributed by atoms with Crippen molar-refractivity contribution >= 4 is 18.0 Å². The number of benzene rings is 1. The summed E-state index contributed by atoms with van der Waals surface area (Å²) in [6.45, 7) is 2.23. The van der Waals surface area contributed by atoms with Crippen molar-refractivity contribution in [3.8, 4) is 0 Å². The Morgan fingerprint density at radius 3 is 2.47 bits per heavy atom. The van der Waals surface area contributed by atoms with E-state index in [4.69, 9.17) is 23.7 Å². The van der Waals surface area contributed by atoms with Crippen LogP contribution >= 0.6 is 0 Å². The summed E-state index contributed by atoms with van der Waals surface area (Å²) in [5, 5.41) is 53.1. The van der Waals surface area contributed by atoms with Crippen LogP contribution in [-0.2, 0) is 33.3 Å². The van der Waals surface area contributed by atoms with Crippen LogP contribution in [0.4, 0.5) is 0 Å². The predicted molar refractivity (Wildman–Crippen MR) is 127 cm³/mol. The quantitative estimate of drug-likeness (QED) is 0.220. The molecule has 0 radical (unpaired) electrons. The molecule has 2 aliphatic heterocycles. The molecule has 0 aromatic heterocycles. The average Bonchev–Trinajstić information content (AvgIpc) is 3.07. The molecule has 1 aromatic rings. The summed E-state index contributed by atoms with van der Waals surface area (Å²) in [6, 6.07) is 9.04. The normalized spacial score (nSPS) is 40.4. The van der Waals surface area contributed by atoms with Gasteiger partial charge in [-0.15, -0.1) is 0 Å². The fraction of sp³-hybridized carbons (Fsp3) is 0.538. The van der Waals surface area contributed by atoms with Crippen molar-refractivity contribution in [2.24, 2.45) is 5.92 Å². The van der Waals surface area contributed by atoms with E-state index in [-0.39, 0.29) is 6.42 Å². The Labute approximate surface area is 218 Å². The molecule has 2 fully saturated rings. The van der Waals surface area contributed by atoms with Crippen molar-refractivity contribution in [1.29, 1.82) is 0 Å². The van der Waals surface area contributed by atoms with Gasteiger partial charge in [0, 0.05) is 19.4 Å². The number of hydrogen-bond donors (Lipinski definition) is 5. The SMILES string of the molecule is CC(=O)OCC1OC(OC2OC=CC3(O)C(O)CC(C)(OC(=O)C=Cc4ccccc4)C23)C(O)C(O)C1O. The van der Waals surface area contributed by atoms with Crippen molar-refractivity contribution in [2.75, 3.05) is 6.61 Å². The monoisotopic (exact) mass is 536 g/mol. The zero-order valence-corrected chi connectivity index (χ0v) is 20.8. The van der Waals surface area contributed by atoms with Gasteiger partial charge in [0.25, 0.3) is 0 Å². The van der Waals surface area contributed by atoms with Crippen molar-refractivity contribution in [3.05, 3.63) is 54.3 Å². The number of fused-ring (bicyclic) bond motifs is 1. The lowest BCUT2D eigenvalue weighted by Gasteiger charge is -2.46. The smallest absolute Gasteiger partial charge is 0.331 e. The number of rotatable bonds is 7. The molecule has 5 N–H and O–H groups in total. The molecule has 4 rings (SSSR count). The van der Waals surface area contributed by atoms with Gasteiger partial charge in [-0.2, -0.15) is 0 Å². The summed E-state index contributed by atoms with van der Waals surface area (Å²) in [5.74, 6) is -2.59. The molecule has 1 aliphatic carbocycles. The molecule has 208 valence electrons. The number of carbonyl (C=O) groups excluding carboxylic acids is 2. The highest BCUT2D eigenvalue weighted by atomic mass is 16.8. The van der Waals surface area contributed by atoms with Crippen LogP contribution in [0, 0.1) is 5.92 Å². The number of aliphatic hydroxyl groups excluding tert-OH is 4. The minimum absolute atomic E-state index is 0.170. The van der Waals surface area contributed by atoms with Crippen molar-refractivity contribution in [1.82, 2.24) is 0 Å². The first-order valence-corrected chi connectivity index (χ1v) is 12.1. The second-order valence-corrected chi connectivity index (χ2v) is 9.82. The highest BCUT2D eigenvalue weighted by Crippen LogP contribution is 2.51. The third kappa shape index (κ3) is 5.61. The topological polar surface area (TPSA) is 181 Å². The van der Waals surface area contributed by atoms with Gasteiger partial charge in [-0.1, -0.05) is 30.3 Å². The lowest BCUT2D eigenvalue weighted by molar-refractivity contribution is -0.351. The molecule has 1 saturated carbocycles. The lowest BCUT2D eigenvalue weighted by atomic mass is 9.81. The Bertz CT molecular complexity index is 1060. The summed E-state index contributed by atoms with van der Waals surface area (Å²) in [4.78, 5) is 23.9. The van der Waals surface area contributed by atoms with Gasteiger partial charge in [-0.05, 0) is 24.6 Å². The molecular formula is C26H32O12.